The number of rotatable bonds is 6. The van der Waals surface area contributed by atoms with E-state index in [2.05, 4.69) is 56.3 Å². The Labute approximate surface area is 180 Å². The highest BCUT2D eigenvalue weighted by Crippen LogP contribution is 2.40. The Hall–Kier alpha value is -2.19. The van der Waals surface area contributed by atoms with E-state index in [4.69, 9.17) is 4.43 Å². The van der Waals surface area contributed by atoms with Crippen LogP contribution < -0.4 is 0 Å². The van der Waals surface area contributed by atoms with Crippen LogP contribution in [0.5, 0.6) is 0 Å². The average Bonchev–Trinajstić information content (AvgIpc) is 3.14. The molecule has 1 aliphatic rings. The van der Waals surface area contributed by atoms with E-state index in [1.54, 1.807) is 0 Å². The highest BCUT2D eigenvalue weighted by Gasteiger charge is 2.44. The van der Waals surface area contributed by atoms with Crippen LogP contribution in [0.2, 0.25) is 18.1 Å². The van der Waals surface area contributed by atoms with Gasteiger partial charge in [-0.05, 0) is 36.5 Å². The first kappa shape index (κ1) is 22.5. The van der Waals surface area contributed by atoms with Crippen molar-refractivity contribution in [2.24, 2.45) is 0 Å². The minimum Gasteiger partial charge on any atom is -0.465 e. The molecule has 0 saturated carbocycles. The lowest BCUT2D eigenvalue weighted by molar-refractivity contribution is 0.0545. The molecule has 2 heterocycles. The van der Waals surface area contributed by atoms with E-state index < -0.39 is 14.4 Å². The van der Waals surface area contributed by atoms with Crippen molar-refractivity contribution >= 4 is 14.4 Å². The molecule has 7 nitrogen and oxygen atoms in total. The zero-order valence-corrected chi connectivity index (χ0v) is 19.7. The first-order chi connectivity index (χ1) is 14.1. The number of nitrogens with zero attached hydrogens (tertiary/aromatic N) is 4. The van der Waals surface area contributed by atoms with Gasteiger partial charge in [0, 0.05) is 25.6 Å². The molecule has 1 aliphatic heterocycles. The van der Waals surface area contributed by atoms with Crippen LogP contribution in [0.4, 0.5) is 4.79 Å². The normalized spacial score (nSPS) is 20.4. The maximum absolute atomic E-state index is 11.6. The van der Waals surface area contributed by atoms with Crippen molar-refractivity contribution in [2.45, 2.75) is 70.3 Å². The monoisotopic (exact) mass is 430 g/mol. The fourth-order valence-corrected chi connectivity index (χ4v) is 5.06. The molecule has 1 aromatic heterocycles. The molecule has 8 heteroatoms. The van der Waals surface area contributed by atoms with Crippen LogP contribution in [0.25, 0.3) is 0 Å². The van der Waals surface area contributed by atoms with Gasteiger partial charge in [0.15, 0.2) is 8.32 Å². The summed E-state index contributed by atoms with van der Waals surface area (Å²) in [5.74, 6) is 0.0838. The molecule has 2 atom stereocenters. The third-order valence-electron chi connectivity index (χ3n) is 6.56. The maximum Gasteiger partial charge on any atom is 0.407 e. The molecule has 0 bridgehead atoms. The summed E-state index contributed by atoms with van der Waals surface area (Å²) in [7, 11) is -2.07. The van der Waals surface area contributed by atoms with Gasteiger partial charge in [-0.2, -0.15) is 0 Å². The van der Waals surface area contributed by atoms with E-state index >= 15 is 0 Å². The molecule has 1 saturated heterocycles. The van der Waals surface area contributed by atoms with E-state index in [0.29, 0.717) is 19.5 Å². The maximum atomic E-state index is 11.6. The summed E-state index contributed by atoms with van der Waals surface area (Å²) in [6.45, 7) is 12.7. The number of benzene rings is 1. The largest absolute Gasteiger partial charge is 0.465 e. The molecule has 0 radical (unpaired) electrons. The Morgan fingerprint density at radius 1 is 1.27 bits per heavy atom. The lowest BCUT2D eigenvalue weighted by Gasteiger charge is -2.44. The summed E-state index contributed by atoms with van der Waals surface area (Å²) in [6, 6.07) is 10.3. The zero-order chi connectivity index (χ0) is 21.9. The number of hydrogen-bond donors (Lipinski definition) is 1. The summed E-state index contributed by atoms with van der Waals surface area (Å²) in [5.41, 5.74) is 2.30. The Kier molecular flexibility index (Phi) is 6.67. The van der Waals surface area contributed by atoms with Gasteiger partial charge in [-0.3, -0.25) is 0 Å². The fraction of sp³-hybridized carbons (Fsp3) is 0.591. The van der Waals surface area contributed by atoms with Gasteiger partial charge in [0.25, 0.3) is 0 Å². The van der Waals surface area contributed by atoms with Gasteiger partial charge in [-0.25, -0.2) is 9.48 Å². The number of amides is 1. The molecular formula is C22H34N4O3Si. The Bertz CT molecular complexity index is 848. The number of aromatic nitrogens is 3. The van der Waals surface area contributed by atoms with Gasteiger partial charge in [0.05, 0.1) is 18.0 Å². The Morgan fingerprint density at radius 2 is 1.97 bits per heavy atom. The van der Waals surface area contributed by atoms with Crippen LogP contribution in [0.3, 0.4) is 0 Å². The van der Waals surface area contributed by atoms with Crippen molar-refractivity contribution < 1.29 is 14.3 Å². The van der Waals surface area contributed by atoms with E-state index in [1.165, 1.54) is 10.5 Å². The topological polar surface area (TPSA) is 80.5 Å². The molecule has 164 valence electrons. The Balaban J connectivity index is 1.82. The second kappa shape index (κ2) is 8.89. The third-order valence-corrected chi connectivity index (χ3v) is 11.1. The summed E-state index contributed by atoms with van der Waals surface area (Å²) in [6.07, 6.45) is 2.34. The number of piperidine rings is 1. The summed E-state index contributed by atoms with van der Waals surface area (Å²) in [5, 5.41) is 18.1. The number of hydrogen-bond acceptors (Lipinski definition) is 4. The quantitative estimate of drug-likeness (QED) is 0.688. The van der Waals surface area contributed by atoms with E-state index in [1.807, 2.05) is 29.1 Å². The molecule has 1 N–H and O–H groups in total. The number of likely N-dealkylation sites (tertiary alicyclic amines) is 1. The van der Waals surface area contributed by atoms with Gasteiger partial charge in [-0.15, -0.1) is 5.10 Å². The summed E-state index contributed by atoms with van der Waals surface area (Å²) < 4.78 is 8.71. The van der Waals surface area contributed by atoms with Gasteiger partial charge in [-0.1, -0.05) is 56.3 Å². The number of aryl methyl sites for hydroxylation is 2. The van der Waals surface area contributed by atoms with Crippen LogP contribution in [0, 0.1) is 0 Å². The lowest BCUT2D eigenvalue weighted by Crippen LogP contribution is -2.53. The SMILES string of the molecule is CC(C)(C)[Si](C)(C)OC1CN(C(=O)O)CCC1c1cnnn1CCc1ccccc1. The van der Waals surface area contributed by atoms with Gasteiger partial charge < -0.3 is 14.4 Å². The molecule has 2 aromatic rings. The van der Waals surface area contributed by atoms with Gasteiger partial charge in [0.1, 0.15) is 0 Å². The molecule has 30 heavy (non-hydrogen) atoms. The second-order valence-corrected chi connectivity index (χ2v) is 14.4. The first-order valence-electron chi connectivity index (χ1n) is 10.7. The van der Waals surface area contributed by atoms with Crippen LogP contribution in [0.1, 0.15) is 44.4 Å². The van der Waals surface area contributed by atoms with Crippen molar-refractivity contribution in [1.82, 2.24) is 19.9 Å². The molecule has 1 aromatic carbocycles. The smallest absolute Gasteiger partial charge is 0.407 e. The van der Waals surface area contributed by atoms with E-state index in [9.17, 15) is 9.90 Å². The molecule has 3 rings (SSSR count). The van der Waals surface area contributed by atoms with Crippen molar-refractivity contribution in [2.75, 3.05) is 13.1 Å². The van der Waals surface area contributed by atoms with Crippen molar-refractivity contribution in [1.29, 1.82) is 0 Å². The number of carbonyl (C=O) groups is 1. The average molecular weight is 431 g/mol. The summed E-state index contributed by atoms with van der Waals surface area (Å²) in [4.78, 5) is 13.1. The summed E-state index contributed by atoms with van der Waals surface area (Å²) >= 11 is 0. The Morgan fingerprint density at radius 3 is 2.60 bits per heavy atom. The molecule has 1 fully saturated rings. The fourth-order valence-electron chi connectivity index (χ4n) is 3.71. The molecule has 1 amide bonds. The van der Waals surface area contributed by atoms with Crippen LogP contribution in [-0.2, 0) is 17.4 Å². The van der Waals surface area contributed by atoms with E-state index in [0.717, 1.165) is 18.7 Å². The molecule has 2 unspecified atom stereocenters. The minimum absolute atomic E-state index is 0.0505. The zero-order valence-electron chi connectivity index (χ0n) is 18.7. The van der Waals surface area contributed by atoms with Crippen LogP contribution in [-0.4, -0.2) is 58.6 Å². The molecule has 0 aliphatic carbocycles. The minimum atomic E-state index is -2.07. The molecular weight excluding hydrogens is 396 g/mol. The van der Waals surface area contributed by atoms with Crippen molar-refractivity contribution in [3.05, 3.63) is 47.8 Å². The van der Waals surface area contributed by atoms with Crippen LogP contribution >= 0.6 is 0 Å². The highest BCUT2D eigenvalue weighted by molar-refractivity contribution is 6.74. The second-order valence-electron chi connectivity index (χ2n) is 9.66. The number of carboxylic acid groups (broad SMARTS) is 1. The van der Waals surface area contributed by atoms with Crippen molar-refractivity contribution in [3.63, 3.8) is 0 Å². The van der Waals surface area contributed by atoms with Gasteiger partial charge >= 0.3 is 6.09 Å². The lowest BCUT2D eigenvalue weighted by atomic mass is 9.91. The first-order valence-corrected chi connectivity index (χ1v) is 13.6. The van der Waals surface area contributed by atoms with Crippen LogP contribution in [0.15, 0.2) is 36.5 Å². The standard InChI is InChI=1S/C22H34N4O3Si/c1-22(2,3)30(4,5)29-20-16-25(21(27)28)13-12-18(20)19-15-23-24-26(19)14-11-17-9-7-6-8-10-17/h6-10,15,18,20H,11-14,16H2,1-5H3,(H,27,28). The highest BCUT2D eigenvalue weighted by atomic mass is 28.4. The van der Waals surface area contributed by atoms with E-state index in [-0.39, 0.29) is 17.1 Å². The third kappa shape index (κ3) is 5.10. The van der Waals surface area contributed by atoms with Gasteiger partial charge in [0.2, 0.25) is 0 Å². The predicted molar refractivity (Wildman–Crippen MR) is 119 cm³/mol. The van der Waals surface area contributed by atoms with Crippen molar-refractivity contribution in [3.8, 4) is 0 Å². The predicted octanol–water partition coefficient (Wildman–Crippen LogP) is 4.38. The molecule has 0 spiro atoms.